The molecule has 0 aliphatic heterocycles. The molecule has 0 aliphatic carbocycles. The summed E-state index contributed by atoms with van der Waals surface area (Å²) in [5, 5.41) is 22.2. The molecule has 1 rings (SSSR count). The molecular weight excluding hydrogens is 215 g/mol. The number of halogens is 1. The summed E-state index contributed by atoms with van der Waals surface area (Å²) >= 11 is 0. The minimum absolute atomic E-state index is 0.0119. The summed E-state index contributed by atoms with van der Waals surface area (Å²) in [6, 6.07) is 3.34. The Kier molecular flexibility index (Phi) is 4.19. The highest BCUT2D eigenvalue weighted by atomic mass is 19.1. The van der Waals surface area contributed by atoms with E-state index in [1.165, 1.54) is 6.07 Å². The Bertz CT molecular complexity index is 384. The van der Waals surface area contributed by atoms with E-state index in [4.69, 9.17) is 5.11 Å². The maximum Gasteiger partial charge on any atom is 0.295 e. The standard InChI is InChI=1S/C10H13FN2O3/c1-7(6-14)5-12-9-3-2-8(11)4-10(9)13(15)16/h2-4,7,12,14H,5-6H2,1H3. The summed E-state index contributed by atoms with van der Waals surface area (Å²) in [7, 11) is 0. The average molecular weight is 228 g/mol. The van der Waals surface area contributed by atoms with Gasteiger partial charge in [-0.25, -0.2) is 4.39 Å². The lowest BCUT2D eigenvalue weighted by atomic mass is 10.2. The lowest BCUT2D eigenvalue weighted by Crippen LogP contribution is -2.15. The molecule has 0 fully saturated rings. The maximum atomic E-state index is 12.8. The molecule has 0 saturated carbocycles. The fourth-order valence-electron chi connectivity index (χ4n) is 1.15. The van der Waals surface area contributed by atoms with Gasteiger partial charge in [0.25, 0.3) is 5.69 Å². The van der Waals surface area contributed by atoms with E-state index in [0.29, 0.717) is 6.54 Å². The van der Waals surface area contributed by atoms with Gasteiger partial charge in [-0.1, -0.05) is 6.92 Å². The topological polar surface area (TPSA) is 75.4 Å². The molecule has 1 aromatic rings. The van der Waals surface area contributed by atoms with Gasteiger partial charge in [0, 0.05) is 13.2 Å². The highest BCUT2D eigenvalue weighted by Gasteiger charge is 2.14. The summed E-state index contributed by atoms with van der Waals surface area (Å²) in [6.07, 6.45) is 0. The fourth-order valence-corrected chi connectivity index (χ4v) is 1.15. The third kappa shape index (κ3) is 3.16. The van der Waals surface area contributed by atoms with Crippen molar-refractivity contribution in [3.63, 3.8) is 0 Å². The first-order valence-corrected chi connectivity index (χ1v) is 4.83. The molecule has 0 amide bonds. The molecule has 1 aromatic carbocycles. The van der Waals surface area contributed by atoms with Crippen LogP contribution in [0, 0.1) is 21.8 Å². The molecule has 2 N–H and O–H groups in total. The van der Waals surface area contributed by atoms with Crippen LogP contribution < -0.4 is 5.32 Å². The van der Waals surface area contributed by atoms with Crippen molar-refractivity contribution in [1.29, 1.82) is 0 Å². The van der Waals surface area contributed by atoms with Gasteiger partial charge in [0.2, 0.25) is 0 Å². The van der Waals surface area contributed by atoms with Gasteiger partial charge in [-0.15, -0.1) is 0 Å². The van der Waals surface area contributed by atoms with Gasteiger partial charge in [-0.05, 0) is 18.1 Å². The second-order valence-electron chi connectivity index (χ2n) is 3.59. The highest BCUT2D eigenvalue weighted by Crippen LogP contribution is 2.24. The Morgan fingerprint density at radius 3 is 2.88 bits per heavy atom. The zero-order valence-electron chi connectivity index (χ0n) is 8.81. The maximum absolute atomic E-state index is 12.8. The number of hydrogen-bond donors (Lipinski definition) is 2. The molecule has 0 heterocycles. The molecule has 1 atom stereocenters. The lowest BCUT2D eigenvalue weighted by Gasteiger charge is -2.10. The number of hydrogen-bond acceptors (Lipinski definition) is 4. The first-order chi connectivity index (χ1) is 7.54. The molecule has 0 bridgehead atoms. The normalized spacial score (nSPS) is 12.2. The molecule has 5 nitrogen and oxygen atoms in total. The molecule has 0 aliphatic rings. The number of aliphatic hydroxyl groups is 1. The predicted octanol–water partition coefficient (Wildman–Crippen LogP) is 1.77. The van der Waals surface area contributed by atoms with Crippen molar-refractivity contribution in [2.24, 2.45) is 5.92 Å². The van der Waals surface area contributed by atoms with Crippen molar-refractivity contribution >= 4 is 11.4 Å². The van der Waals surface area contributed by atoms with E-state index in [9.17, 15) is 14.5 Å². The Morgan fingerprint density at radius 2 is 2.31 bits per heavy atom. The molecule has 16 heavy (non-hydrogen) atoms. The Hall–Kier alpha value is -1.69. The van der Waals surface area contributed by atoms with E-state index in [1.54, 1.807) is 6.92 Å². The van der Waals surface area contributed by atoms with Crippen LogP contribution >= 0.6 is 0 Å². The molecule has 0 aromatic heterocycles. The van der Waals surface area contributed by atoms with Crippen molar-refractivity contribution in [3.05, 3.63) is 34.1 Å². The van der Waals surface area contributed by atoms with Gasteiger partial charge < -0.3 is 10.4 Å². The van der Waals surface area contributed by atoms with Gasteiger partial charge in [0.1, 0.15) is 11.5 Å². The number of anilines is 1. The van der Waals surface area contributed by atoms with Crippen LogP contribution in [0.5, 0.6) is 0 Å². The SMILES string of the molecule is CC(CO)CNc1ccc(F)cc1[N+](=O)[O-]. The van der Waals surface area contributed by atoms with Crippen molar-refractivity contribution in [3.8, 4) is 0 Å². The third-order valence-corrected chi connectivity index (χ3v) is 2.11. The van der Waals surface area contributed by atoms with Crippen molar-refractivity contribution in [1.82, 2.24) is 0 Å². The summed E-state index contributed by atoms with van der Waals surface area (Å²) in [4.78, 5) is 9.99. The average Bonchev–Trinajstić information content (AvgIpc) is 2.26. The largest absolute Gasteiger partial charge is 0.396 e. The summed E-state index contributed by atoms with van der Waals surface area (Å²) in [5.74, 6) is -0.669. The fraction of sp³-hybridized carbons (Fsp3) is 0.400. The number of nitro benzene ring substituents is 1. The minimum atomic E-state index is -0.646. The number of rotatable bonds is 5. The highest BCUT2D eigenvalue weighted by molar-refractivity contribution is 5.61. The molecule has 1 unspecified atom stereocenters. The van der Waals surface area contributed by atoms with E-state index in [-0.39, 0.29) is 23.9 Å². The van der Waals surface area contributed by atoms with Gasteiger partial charge in [0.05, 0.1) is 11.0 Å². The Labute approximate surface area is 92.1 Å². The lowest BCUT2D eigenvalue weighted by molar-refractivity contribution is -0.384. The second-order valence-corrected chi connectivity index (χ2v) is 3.59. The van der Waals surface area contributed by atoms with E-state index < -0.39 is 10.7 Å². The number of nitrogens with zero attached hydrogens (tertiary/aromatic N) is 1. The summed E-state index contributed by atoms with van der Waals surface area (Å²) in [6.45, 7) is 2.17. The molecule has 0 radical (unpaired) electrons. The first-order valence-electron chi connectivity index (χ1n) is 4.83. The Balaban J connectivity index is 2.82. The summed E-state index contributed by atoms with van der Waals surface area (Å²) < 4.78 is 12.8. The van der Waals surface area contributed by atoms with Crippen molar-refractivity contribution in [2.75, 3.05) is 18.5 Å². The van der Waals surface area contributed by atoms with Gasteiger partial charge >= 0.3 is 0 Å². The van der Waals surface area contributed by atoms with Crippen LogP contribution in [0.4, 0.5) is 15.8 Å². The van der Waals surface area contributed by atoms with Gasteiger partial charge in [0.15, 0.2) is 0 Å². The second kappa shape index (κ2) is 5.41. The van der Waals surface area contributed by atoms with E-state index in [0.717, 1.165) is 12.1 Å². The van der Waals surface area contributed by atoms with Crippen LogP contribution in [0.15, 0.2) is 18.2 Å². The zero-order chi connectivity index (χ0) is 12.1. The van der Waals surface area contributed by atoms with Gasteiger partial charge in [-0.3, -0.25) is 10.1 Å². The number of benzene rings is 1. The quantitative estimate of drug-likeness (QED) is 0.595. The third-order valence-electron chi connectivity index (χ3n) is 2.11. The molecule has 88 valence electrons. The number of nitro groups is 1. The van der Waals surface area contributed by atoms with E-state index >= 15 is 0 Å². The van der Waals surface area contributed by atoms with Crippen molar-refractivity contribution < 1.29 is 14.4 Å². The predicted molar refractivity (Wildman–Crippen MR) is 57.8 cm³/mol. The molecule has 6 heteroatoms. The van der Waals surface area contributed by atoms with E-state index in [1.807, 2.05) is 0 Å². The molecular formula is C10H13FN2O3. The minimum Gasteiger partial charge on any atom is -0.396 e. The first kappa shape index (κ1) is 12.4. The Morgan fingerprint density at radius 1 is 1.62 bits per heavy atom. The van der Waals surface area contributed by atoms with Crippen LogP contribution in [-0.2, 0) is 0 Å². The molecule has 0 spiro atoms. The molecule has 0 saturated heterocycles. The van der Waals surface area contributed by atoms with Crippen LogP contribution in [-0.4, -0.2) is 23.2 Å². The van der Waals surface area contributed by atoms with Crippen LogP contribution in [0.3, 0.4) is 0 Å². The van der Waals surface area contributed by atoms with Crippen LogP contribution in [0.1, 0.15) is 6.92 Å². The number of aliphatic hydroxyl groups excluding tert-OH is 1. The van der Waals surface area contributed by atoms with Crippen LogP contribution in [0.2, 0.25) is 0 Å². The summed E-state index contributed by atoms with van der Waals surface area (Å²) in [5.41, 5.74) is -0.0446. The van der Waals surface area contributed by atoms with Crippen molar-refractivity contribution in [2.45, 2.75) is 6.92 Å². The zero-order valence-corrected chi connectivity index (χ0v) is 8.81. The smallest absolute Gasteiger partial charge is 0.295 e. The monoisotopic (exact) mass is 228 g/mol. The van der Waals surface area contributed by atoms with Gasteiger partial charge in [-0.2, -0.15) is 0 Å². The number of nitrogens with one attached hydrogen (secondary N) is 1. The van der Waals surface area contributed by atoms with Crippen LogP contribution in [0.25, 0.3) is 0 Å². The van der Waals surface area contributed by atoms with E-state index in [2.05, 4.69) is 5.32 Å².